The molecule has 1 N–H and O–H groups in total. The van der Waals surface area contributed by atoms with Crippen LogP contribution in [0.25, 0.3) is 0 Å². The van der Waals surface area contributed by atoms with Gasteiger partial charge >= 0.3 is 0 Å². The quantitative estimate of drug-likeness (QED) is 0.748. The standard InChI is InChI=1S/C18H20BrNO3/c1-13-16(23-12-14-6-4-3-5-7-14)9-8-15(19)17(13)18(21)20-10-11-22-2/h3-9H,10-12H2,1-2H3,(H,20,21). The number of halogens is 1. The first-order valence-corrected chi connectivity index (χ1v) is 8.15. The van der Waals surface area contributed by atoms with E-state index in [0.29, 0.717) is 31.1 Å². The third kappa shape index (κ3) is 4.81. The number of hydrogen-bond donors (Lipinski definition) is 1. The summed E-state index contributed by atoms with van der Waals surface area (Å²) in [7, 11) is 1.60. The third-order valence-corrected chi connectivity index (χ3v) is 4.08. The third-order valence-electron chi connectivity index (χ3n) is 3.42. The molecule has 0 bridgehead atoms. The lowest BCUT2D eigenvalue weighted by Crippen LogP contribution is -2.28. The highest BCUT2D eigenvalue weighted by atomic mass is 79.9. The van der Waals surface area contributed by atoms with E-state index in [9.17, 15) is 4.79 Å². The van der Waals surface area contributed by atoms with Crippen molar-refractivity contribution in [3.8, 4) is 5.75 Å². The summed E-state index contributed by atoms with van der Waals surface area (Å²) in [6.07, 6.45) is 0. The number of carbonyl (C=O) groups excluding carboxylic acids is 1. The Morgan fingerprint density at radius 1 is 1.17 bits per heavy atom. The minimum Gasteiger partial charge on any atom is -0.489 e. The van der Waals surface area contributed by atoms with E-state index in [4.69, 9.17) is 9.47 Å². The van der Waals surface area contributed by atoms with Crippen molar-refractivity contribution in [3.63, 3.8) is 0 Å². The number of hydrogen-bond acceptors (Lipinski definition) is 3. The molecular weight excluding hydrogens is 358 g/mol. The molecule has 0 heterocycles. The van der Waals surface area contributed by atoms with Crippen molar-refractivity contribution in [3.05, 3.63) is 63.6 Å². The molecule has 0 radical (unpaired) electrons. The van der Waals surface area contributed by atoms with Gasteiger partial charge in [0.05, 0.1) is 12.2 Å². The van der Waals surface area contributed by atoms with Crippen molar-refractivity contribution >= 4 is 21.8 Å². The van der Waals surface area contributed by atoms with Crippen molar-refractivity contribution in [2.24, 2.45) is 0 Å². The zero-order chi connectivity index (χ0) is 16.7. The lowest BCUT2D eigenvalue weighted by atomic mass is 10.1. The van der Waals surface area contributed by atoms with Crippen LogP contribution in [0.15, 0.2) is 46.9 Å². The Hall–Kier alpha value is -1.85. The Morgan fingerprint density at radius 2 is 1.91 bits per heavy atom. The van der Waals surface area contributed by atoms with E-state index < -0.39 is 0 Å². The molecule has 2 rings (SSSR count). The van der Waals surface area contributed by atoms with Crippen LogP contribution in [-0.4, -0.2) is 26.2 Å². The van der Waals surface area contributed by atoms with E-state index in [2.05, 4.69) is 21.2 Å². The molecule has 1 amide bonds. The topological polar surface area (TPSA) is 47.6 Å². The molecule has 0 unspecified atom stereocenters. The summed E-state index contributed by atoms with van der Waals surface area (Å²) in [4.78, 5) is 12.3. The van der Waals surface area contributed by atoms with Gasteiger partial charge in [-0.05, 0) is 40.5 Å². The minimum absolute atomic E-state index is 0.142. The van der Waals surface area contributed by atoms with E-state index in [1.54, 1.807) is 7.11 Å². The number of benzene rings is 2. The molecule has 122 valence electrons. The maximum Gasteiger partial charge on any atom is 0.252 e. The number of carbonyl (C=O) groups is 1. The van der Waals surface area contributed by atoms with Gasteiger partial charge in [-0.15, -0.1) is 0 Å². The van der Waals surface area contributed by atoms with E-state index >= 15 is 0 Å². The Morgan fingerprint density at radius 3 is 2.61 bits per heavy atom. The van der Waals surface area contributed by atoms with Crippen LogP contribution in [0.5, 0.6) is 5.75 Å². The summed E-state index contributed by atoms with van der Waals surface area (Å²) >= 11 is 3.44. The number of rotatable bonds is 7. The molecule has 23 heavy (non-hydrogen) atoms. The van der Waals surface area contributed by atoms with Crippen LogP contribution < -0.4 is 10.1 Å². The molecule has 0 saturated heterocycles. The number of nitrogens with one attached hydrogen (secondary N) is 1. The maximum atomic E-state index is 12.3. The lowest BCUT2D eigenvalue weighted by Gasteiger charge is -2.14. The second-order valence-electron chi connectivity index (χ2n) is 5.07. The second-order valence-corrected chi connectivity index (χ2v) is 5.92. The van der Waals surface area contributed by atoms with Crippen LogP contribution in [0.1, 0.15) is 21.5 Å². The SMILES string of the molecule is COCCNC(=O)c1c(Br)ccc(OCc2ccccc2)c1C. The minimum atomic E-state index is -0.142. The maximum absolute atomic E-state index is 12.3. The highest BCUT2D eigenvalue weighted by Gasteiger charge is 2.16. The van der Waals surface area contributed by atoms with E-state index in [1.807, 2.05) is 49.4 Å². The Labute approximate surface area is 144 Å². The normalized spacial score (nSPS) is 10.4. The molecule has 2 aromatic carbocycles. The largest absolute Gasteiger partial charge is 0.489 e. The molecule has 0 spiro atoms. The zero-order valence-corrected chi connectivity index (χ0v) is 14.9. The summed E-state index contributed by atoms with van der Waals surface area (Å²) in [5.74, 6) is 0.561. The fraction of sp³-hybridized carbons (Fsp3) is 0.278. The van der Waals surface area contributed by atoms with Crippen LogP contribution in [0, 0.1) is 6.92 Å². The van der Waals surface area contributed by atoms with Gasteiger partial charge in [0.15, 0.2) is 0 Å². The average Bonchev–Trinajstić information content (AvgIpc) is 2.55. The van der Waals surface area contributed by atoms with E-state index in [-0.39, 0.29) is 5.91 Å². The molecule has 0 aliphatic rings. The van der Waals surface area contributed by atoms with Gasteiger partial charge in [0, 0.05) is 23.7 Å². The summed E-state index contributed by atoms with van der Waals surface area (Å²) in [6.45, 7) is 3.30. The smallest absolute Gasteiger partial charge is 0.252 e. The van der Waals surface area contributed by atoms with Gasteiger partial charge < -0.3 is 14.8 Å². The summed E-state index contributed by atoms with van der Waals surface area (Å²) in [6, 6.07) is 13.6. The van der Waals surface area contributed by atoms with Crippen molar-refractivity contribution in [1.82, 2.24) is 5.32 Å². The summed E-state index contributed by atoms with van der Waals surface area (Å²) in [5, 5.41) is 2.83. The molecule has 0 atom stereocenters. The van der Waals surface area contributed by atoms with Crippen molar-refractivity contribution in [2.75, 3.05) is 20.3 Å². The highest BCUT2D eigenvalue weighted by Crippen LogP contribution is 2.29. The van der Waals surface area contributed by atoms with E-state index in [0.717, 1.165) is 15.6 Å². The van der Waals surface area contributed by atoms with E-state index in [1.165, 1.54) is 0 Å². The predicted molar refractivity (Wildman–Crippen MR) is 93.9 cm³/mol. The summed E-state index contributed by atoms with van der Waals surface area (Å²) < 4.78 is 11.6. The van der Waals surface area contributed by atoms with Gasteiger partial charge in [0.2, 0.25) is 0 Å². The first-order chi connectivity index (χ1) is 11.1. The van der Waals surface area contributed by atoms with Gasteiger partial charge in [-0.1, -0.05) is 30.3 Å². The Balaban J connectivity index is 2.12. The molecule has 5 heteroatoms. The molecular formula is C18H20BrNO3. The van der Waals surface area contributed by atoms with Crippen LogP contribution in [0.3, 0.4) is 0 Å². The fourth-order valence-electron chi connectivity index (χ4n) is 2.18. The average molecular weight is 378 g/mol. The lowest BCUT2D eigenvalue weighted by molar-refractivity contribution is 0.0935. The molecule has 4 nitrogen and oxygen atoms in total. The molecule has 0 aromatic heterocycles. The Kier molecular flexibility index (Phi) is 6.62. The van der Waals surface area contributed by atoms with Crippen molar-refractivity contribution in [1.29, 1.82) is 0 Å². The fourth-order valence-corrected chi connectivity index (χ4v) is 2.79. The Bertz CT molecular complexity index is 659. The van der Waals surface area contributed by atoms with Gasteiger partial charge in [0.1, 0.15) is 12.4 Å². The number of ether oxygens (including phenoxy) is 2. The second kappa shape index (κ2) is 8.70. The number of amides is 1. The van der Waals surface area contributed by atoms with Gasteiger partial charge in [0.25, 0.3) is 5.91 Å². The number of methoxy groups -OCH3 is 1. The van der Waals surface area contributed by atoms with Crippen LogP contribution in [0.2, 0.25) is 0 Å². The van der Waals surface area contributed by atoms with Crippen molar-refractivity contribution < 1.29 is 14.3 Å². The predicted octanol–water partition coefficient (Wildman–Crippen LogP) is 3.71. The highest BCUT2D eigenvalue weighted by molar-refractivity contribution is 9.10. The van der Waals surface area contributed by atoms with Crippen LogP contribution in [0.4, 0.5) is 0 Å². The van der Waals surface area contributed by atoms with Gasteiger partial charge in [-0.3, -0.25) is 4.79 Å². The van der Waals surface area contributed by atoms with Crippen molar-refractivity contribution in [2.45, 2.75) is 13.5 Å². The van der Waals surface area contributed by atoms with Gasteiger partial charge in [-0.2, -0.15) is 0 Å². The molecule has 0 aliphatic heterocycles. The molecule has 0 saturated carbocycles. The molecule has 0 aliphatic carbocycles. The first-order valence-electron chi connectivity index (χ1n) is 7.36. The van der Waals surface area contributed by atoms with Crippen LogP contribution >= 0.6 is 15.9 Å². The first kappa shape index (κ1) is 17.5. The monoisotopic (exact) mass is 377 g/mol. The molecule has 0 fully saturated rings. The zero-order valence-electron chi connectivity index (χ0n) is 13.3. The van der Waals surface area contributed by atoms with Gasteiger partial charge in [-0.25, -0.2) is 0 Å². The summed E-state index contributed by atoms with van der Waals surface area (Å²) in [5.41, 5.74) is 2.48. The van der Waals surface area contributed by atoms with Crippen LogP contribution in [-0.2, 0) is 11.3 Å². The molecule has 2 aromatic rings.